The molecule has 0 fully saturated rings. The van der Waals surface area contributed by atoms with Crippen molar-refractivity contribution in [3.63, 3.8) is 0 Å². The summed E-state index contributed by atoms with van der Waals surface area (Å²) in [5, 5.41) is 7.28. The minimum absolute atomic E-state index is 0.151. The summed E-state index contributed by atoms with van der Waals surface area (Å²) >= 11 is 1.65. The van der Waals surface area contributed by atoms with Crippen molar-refractivity contribution < 1.29 is 4.79 Å². The number of carbonyl (C=O) groups is 1. The summed E-state index contributed by atoms with van der Waals surface area (Å²) in [6, 6.07) is 1.75. The monoisotopic (exact) mass is 226 g/mol. The maximum Gasteiger partial charge on any atom is 0.235 e. The van der Waals surface area contributed by atoms with Crippen LogP contribution in [0.15, 0.2) is 16.8 Å². The number of carbonyl (C=O) groups excluding carboxylic acids is 1. The maximum atomic E-state index is 11.3. The van der Waals surface area contributed by atoms with Gasteiger partial charge in [-0.15, -0.1) is 0 Å². The molecule has 1 aromatic rings. The zero-order chi connectivity index (χ0) is 11.5. The summed E-state index contributed by atoms with van der Waals surface area (Å²) in [4.78, 5) is 11.3. The Morgan fingerprint density at radius 3 is 2.67 bits per heavy atom. The predicted octanol–water partition coefficient (Wildman–Crippen LogP) is 1.74. The topological polar surface area (TPSA) is 55.1 Å². The Bertz CT molecular complexity index is 314. The van der Waals surface area contributed by atoms with Crippen molar-refractivity contribution in [1.82, 2.24) is 5.32 Å². The fourth-order valence-electron chi connectivity index (χ4n) is 1.45. The number of hydrogen-bond acceptors (Lipinski definition) is 3. The van der Waals surface area contributed by atoms with Gasteiger partial charge in [-0.05, 0) is 27.8 Å². The van der Waals surface area contributed by atoms with E-state index in [1.165, 1.54) is 5.56 Å². The molecular formula is C11H18N2OS. The Labute approximate surface area is 94.7 Å². The van der Waals surface area contributed by atoms with Crippen LogP contribution in [0.2, 0.25) is 0 Å². The highest BCUT2D eigenvalue weighted by Crippen LogP contribution is 2.19. The first kappa shape index (κ1) is 12.2. The molecular weight excluding hydrogens is 208 g/mol. The van der Waals surface area contributed by atoms with Crippen LogP contribution in [0, 0.1) is 5.41 Å². The van der Waals surface area contributed by atoms with E-state index in [1.54, 1.807) is 11.3 Å². The molecule has 0 radical (unpaired) electrons. The number of nitrogens with two attached hydrogens (primary N) is 1. The largest absolute Gasteiger partial charge is 0.368 e. The molecule has 3 N–H and O–H groups in total. The van der Waals surface area contributed by atoms with E-state index < -0.39 is 0 Å². The lowest BCUT2D eigenvalue weighted by Crippen LogP contribution is -2.49. The van der Waals surface area contributed by atoms with E-state index in [0.29, 0.717) is 6.54 Å². The molecule has 84 valence electrons. The molecule has 0 bridgehead atoms. The Kier molecular flexibility index (Phi) is 3.88. The van der Waals surface area contributed by atoms with E-state index in [1.807, 2.05) is 32.2 Å². The number of thiophene rings is 1. The van der Waals surface area contributed by atoms with Crippen LogP contribution in [-0.2, 0) is 11.3 Å². The molecule has 1 rings (SSSR count). The lowest BCUT2D eigenvalue weighted by molar-refractivity contribution is -0.122. The fourth-order valence-corrected chi connectivity index (χ4v) is 2.12. The van der Waals surface area contributed by atoms with Gasteiger partial charge in [0.2, 0.25) is 5.91 Å². The van der Waals surface area contributed by atoms with Crippen molar-refractivity contribution in [2.75, 3.05) is 0 Å². The standard InChI is InChI=1S/C11H18N2OS/c1-11(2,3)9(10(12)14)13-6-8-4-5-15-7-8/h4-5,7,9,13H,6H2,1-3H3,(H2,12,14)/t9-/m1/s1. The van der Waals surface area contributed by atoms with Crippen LogP contribution in [0.25, 0.3) is 0 Å². The molecule has 0 aliphatic heterocycles. The first-order chi connectivity index (χ1) is 6.91. The second-order valence-corrected chi connectivity index (χ2v) is 5.49. The Balaban J connectivity index is 2.57. The number of nitrogens with one attached hydrogen (secondary N) is 1. The minimum Gasteiger partial charge on any atom is -0.368 e. The molecule has 15 heavy (non-hydrogen) atoms. The highest BCUT2D eigenvalue weighted by Gasteiger charge is 2.28. The second-order valence-electron chi connectivity index (χ2n) is 4.71. The van der Waals surface area contributed by atoms with Crippen molar-refractivity contribution >= 4 is 17.2 Å². The molecule has 1 amide bonds. The zero-order valence-electron chi connectivity index (χ0n) is 9.41. The molecule has 0 spiro atoms. The maximum absolute atomic E-state index is 11.3. The van der Waals surface area contributed by atoms with Crippen LogP contribution >= 0.6 is 11.3 Å². The number of rotatable bonds is 4. The van der Waals surface area contributed by atoms with Crippen molar-refractivity contribution in [1.29, 1.82) is 0 Å². The van der Waals surface area contributed by atoms with Crippen LogP contribution in [-0.4, -0.2) is 11.9 Å². The molecule has 0 aliphatic rings. The van der Waals surface area contributed by atoms with Crippen LogP contribution < -0.4 is 11.1 Å². The molecule has 0 aliphatic carbocycles. The third-order valence-electron chi connectivity index (χ3n) is 2.24. The van der Waals surface area contributed by atoms with Gasteiger partial charge < -0.3 is 11.1 Å². The van der Waals surface area contributed by atoms with Crippen molar-refractivity contribution in [2.24, 2.45) is 11.1 Å². The molecule has 4 heteroatoms. The second kappa shape index (κ2) is 4.77. The van der Waals surface area contributed by atoms with E-state index in [2.05, 4.69) is 10.7 Å². The predicted molar refractivity (Wildman–Crippen MR) is 63.6 cm³/mol. The number of primary amides is 1. The van der Waals surface area contributed by atoms with Crippen molar-refractivity contribution in [3.8, 4) is 0 Å². The Hall–Kier alpha value is -0.870. The van der Waals surface area contributed by atoms with E-state index in [4.69, 9.17) is 5.73 Å². The summed E-state index contributed by atoms with van der Waals surface area (Å²) in [6.45, 7) is 6.70. The van der Waals surface area contributed by atoms with Crippen LogP contribution in [0.1, 0.15) is 26.3 Å². The quantitative estimate of drug-likeness (QED) is 0.821. The summed E-state index contributed by atoms with van der Waals surface area (Å²) in [6.07, 6.45) is 0. The molecule has 0 saturated heterocycles. The molecule has 0 unspecified atom stereocenters. The van der Waals surface area contributed by atoms with E-state index in [0.717, 1.165) is 0 Å². The van der Waals surface area contributed by atoms with Crippen LogP contribution in [0.5, 0.6) is 0 Å². The molecule has 1 aromatic heterocycles. The van der Waals surface area contributed by atoms with Crippen LogP contribution in [0.3, 0.4) is 0 Å². The third kappa shape index (κ3) is 3.64. The Morgan fingerprint density at radius 2 is 2.27 bits per heavy atom. The zero-order valence-corrected chi connectivity index (χ0v) is 10.2. The summed E-state index contributed by atoms with van der Waals surface area (Å²) < 4.78 is 0. The Morgan fingerprint density at radius 1 is 1.60 bits per heavy atom. The van der Waals surface area contributed by atoms with Gasteiger partial charge in [0.15, 0.2) is 0 Å². The lowest BCUT2D eigenvalue weighted by atomic mass is 9.86. The average Bonchev–Trinajstić information content (AvgIpc) is 2.53. The van der Waals surface area contributed by atoms with Crippen LogP contribution in [0.4, 0.5) is 0 Å². The highest BCUT2D eigenvalue weighted by atomic mass is 32.1. The van der Waals surface area contributed by atoms with Gasteiger partial charge in [0.1, 0.15) is 0 Å². The van der Waals surface area contributed by atoms with Gasteiger partial charge in [-0.25, -0.2) is 0 Å². The van der Waals surface area contributed by atoms with Gasteiger partial charge in [0.05, 0.1) is 6.04 Å². The van der Waals surface area contributed by atoms with Gasteiger partial charge in [0.25, 0.3) is 0 Å². The van der Waals surface area contributed by atoms with E-state index in [9.17, 15) is 4.79 Å². The highest BCUT2D eigenvalue weighted by molar-refractivity contribution is 7.07. The molecule has 0 aromatic carbocycles. The molecule has 1 atom stereocenters. The lowest BCUT2D eigenvalue weighted by Gasteiger charge is -2.28. The number of amides is 1. The SMILES string of the molecule is CC(C)(C)[C@H](NCc1ccsc1)C(N)=O. The van der Waals surface area contributed by atoms with Gasteiger partial charge >= 0.3 is 0 Å². The van der Waals surface area contributed by atoms with Gasteiger partial charge in [-0.1, -0.05) is 20.8 Å². The third-order valence-corrected chi connectivity index (χ3v) is 2.97. The molecule has 0 saturated carbocycles. The molecule has 3 nitrogen and oxygen atoms in total. The van der Waals surface area contributed by atoms with Gasteiger partial charge in [-0.2, -0.15) is 11.3 Å². The normalized spacial score (nSPS) is 13.8. The van der Waals surface area contributed by atoms with Crippen molar-refractivity contribution in [3.05, 3.63) is 22.4 Å². The number of hydrogen-bond donors (Lipinski definition) is 2. The smallest absolute Gasteiger partial charge is 0.235 e. The minimum atomic E-state index is -0.294. The first-order valence-corrected chi connectivity index (χ1v) is 5.89. The van der Waals surface area contributed by atoms with E-state index >= 15 is 0 Å². The van der Waals surface area contributed by atoms with Crippen molar-refractivity contribution in [2.45, 2.75) is 33.4 Å². The average molecular weight is 226 g/mol. The fraction of sp³-hybridized carbons (Fsp3) is 0.545. The molecule has 1 heterocycles. The van der Waals surface area contributed by atoms with E-state index in [-0.39, 0.29) is 17.4 Å². The summed E-state index contributed by atoms with van der Waals surface area (Å²) in [7, 11) is 0. The summed E-state index contributed by atoms with van der Waals surface area (Å²) in [5.41, 5.74) is 6.40. The first-order valence-electron chi connectivity index (χ1n) is 4.95. The van der Waals surface area contributed by atoms with Gasteiger partial charge in [0, 0.05) is 6.54 Å². The summed E-state index contributed by atoms with van der Waals surface area (Å²) in [5.74, 6) is -0.294. The van der Waals surface area contributed by atoms with Gasteiger partial charge in [-0.3, -0.25) is 4.79 Å².